The fraction of sp³-hybridized carbons (Fsp3) is 0.257. The molecule has 8 nitrogen and oxygen atoms in total. The average Bonchev–Trinajstić information content (AvgIpc) is 3.01. The van der Waals surface area contributed by atoms with Crippen molar-refractivity contribution in [3.8, 4) is 34.1 Å². The van der Waals surface area contributed by atoms with Crippen molar-refractivity contribution in [3.05, 3.63) is 106 Å². The van der Waals surface area contributed by atoms with Gasteiger partial charge in [-0.25, -0.2) is 4.39 Å². The average molecular weight is 596 g/mol. The van der Waals surface area contributed by atoms with Gasteiger partial charge in [0.15, 0.2) is 22.7 Å². The smallest absolute Gasteiger partial charge is 0.200 e. The van der Waals surface area contributed by atoms with Gasteiger partial charge in [0.25, 0.3) is 0 Å². The third kappa shape index (κ3) is 6.04. The number of ketones is 1. The second-order valence-electron chi connectivity index (χ2n) is 11.0. The molecule has 0 saturated carbocycles. The summed E-state index contributed by atoms with van der Waals surface area (Å²) in [5.41, 5.74) is 2.63. The molecule has 0 saturated heterocycles. The summed E-state index contributed by atoms with van der Waals surface area (Å²) < 4.78 is 32.6. The van der Waals surface area contributed by atoms with Gasteiger partial charge in [0.05, 0.1) is 37.9 Å². The molecular formula is C35H34FN3O5. The minimum absolute atomic E-state index is 0.0100. The van der Waals surface area contributed by atoms with Crippen LogP contribution < -0.4 is 19.6 Å². The highest BCUT2D eigenvalue weighted by molar-refractivity contribution is 5.98. The number of aromatic nitrogens is 3. The van der Waals surface area contributed by atoms with Crippen LogP contribution in [0.1, 0.15) is 61.4 Å². The molecule has 0 atom stereocenters. The second-order valence-corrected chi connectivity index (χ2v) is 11.0. The molecule has 3 heterocycles. The summed E-state index contributed by atoms with van der Waals surface area (Å²) in [7, 11) is 3.12. The van der Waals surface area contributed by atoms with Gasteiger partial charge in [-0.15, -0.1) is 0 Å². The molecule has 0 radical (unpaired) electrons. The molecule has 0 unspecified atom stereocenters. The van der Waals surface area contributed by atoms with Crippen LogP contribution >= 0.6 is 0 Å². The molecule has 3 aromatic heterocycles. The van der Waals surface area contributed by atoms with Crippen LogP contribution in [-0.4, -0.2) is 34.5 Å². The van der Waals surface area contributed by atoms with Crippen molar-refractivity contribution < 1.29 is 23.4 Å². The summed E-state index contributed by atoms with van der Waals surface area (Å²) in [6.07, 6.45) is 4.74. The van der Waals surface area contributed by atoms with Gasteiger partial charge in [-0.1, -0.05) is 26.0 Å². The van der Waals surface area contributed by atoms with E-state index in [1.807, 2.05) is 32.3 Å². The number of hydrogen-bond acceptors (Lipinski definition) is 7. The number of nitrogens with zero attached hydrogens (tertiary/aromatic N) is 3. The van der Waals surface area contributed by atoms with Gasteiger partial charge in [-0.05, 0) is 61.7 Å². The van der Waals surface area contributed by atoms with Gasteiger partial charge in [0.1, 0.15) is 17.3 Å². The lowest BCUT2D eigenvalue weighted by Crippen LogP contribution is -2.26. The first kappa shape index (κ1) is 30.4. The molecule has 44 heavy (non-hydrogen) atoms. The van der Waals surface area contributed by atoms with Crippen molar-refractivity contribution in [3.63, 3.8) is 0 Å². The second kappa shape index (κ2) is 12.7. The Labute approximate surface area is 255 Å². The van der Waals surface area contributed by atoms with Gasteiger partial charge in [0, 0.05) is 46.8 Å². The van der Waals surface area contributed by atoms with Crippen LogP contribution in [-0.2, 0) is 6.42 Å². The Morgan fingerprint density at radius 1 is 0.909 bits per heavy atom. The van der Waals surface area contributed by atoms with E-state index in [1.54, 1.807) is 69.1 Å². The molecule has 2 aromatic carbocycles. The lowest BCUT2D eigenvalue weighted by Gasteiger charge is -2.24. The minimum atomic E-state index is -0.396. The van der Waals surface area contributed by atoms with Crippen molar-refractivity contribution >= 4 is 16.7 Å². The molecule has 0 aliphatic rings. The number of ether oxygens (including phenoxy) is 3. The molecule has 9 heteroatoms. The third-order valence-corrected chi connectivity index (χ3v) is 7.38. The quantitative estimate of drug-likeness (QED) is 0.154. The Morgan fingerprint density at radius 3 is 2.23 bits per heavy atom. The van der Waals surface area contributed by atoms with Crippen LogP contribution in [0.5, 0.6) is 23.0 Å². The number of carbonyl (C=O) groups is 1. The van der Waals surface area contributed by atoms with E-state index in [-0.39, 0.29) is 35.2 Å². The van der Waals surface area contributed by atoms with Crippen LogP contribution in [0, 0.1) is 5.82 Å². The van der Waals surface area contributed by atoms with E-state index in [2.05, 4.69) is 9.97 Å². The molecule has 5 rings (SSSR count). The van der Waals surface area contributed by atoms with E-state index in [0.29, 0.717) is 45.3 Å². The SMILES string of the molecule is COc1cc2nccc(Oc3ccc(CC(=O)c4cn(C(C)C)c(C(C)C)c(-c5ccc(F)cc5)c4=O)nc3)c2cc1OC. The number of halogens is 1. The number of Topliss-reactive ketones (excluding diaryl/α,β-unsaturated/α-hetero) is 1. The maximum absolute atomic E-state index is 13.8. The van der Waals surface area contributed by atoms with Crippen LogP contribution in [0.2, 0.25) is 0 Å². The number of rotatable bonds is 10. The highest BCUT2D eigenvalue weighted by Crippen LogP contribution is 2.37. The first-order chi connectivity index (χ1) is 21.1. The molecule has 226 valence electrons. The van der Waals surface area contributed by atoms with Gasteiger partial charge < -0.3 is 18.8 Å². The molecule has 0 aliphatic carbocycles. The Hall–Kier alpha value is -5.05. The predicted octanol–water partition coefficient (Wildman–Crippen LogP) is 7.54. The normalized spacial score (nSPS) is 11.3. The Kier molecular flexibility index (Phi) is 8.76. The molecule has 0 fully saturated rings. The predicted molar refractivity (Wildman–Crippen MR) is 168 cm³/mol. The largest absolute Gasteiger partial charge is 0.493 e. The molecule has 0 spiro atoms. The minimum Gasteiger partial charge on any atom is -0.493 e. The number of pyridine rings is 3. The van der Waals surface area contributed by atoms with Crippen LogP contribution in [0.3, 0.4) is 0 Å². The zero-order valence-corrected chi connectivity index (χ0v) is 25.6. The number of benzene rings is 2. The van der Waals surface area contributed by atoms with Crippen molar-refractivity contribution in [1.29, 1.82) is 0 Å². The molecular weight excluding hydrogens is 561 g/mol. The van der Waals surface area contributed by atoms with Crippen molar-refractivity contribution in [2.24, 2.45) is 0 Å². The Balaban J connectivity index is 1.44. The van der Waals surface area contributed by atoms with Gasteiger partial charge in [0.2, 0.25) is 0 Å². The zero-order valence-electron chi connectivity index (χ0n) is 25.6. The topological polar surface area (TPSA) is 92.5 Å². The van der Waals surface area contributed by atoms with Crippen LogP contribution in [0.15, 0.2) is 78.0 Å². The summed E-state index contributed by atoms with van der Waals surface area (Å²) >= 11 is 0. The first-order valence-electron chi connectivity index (χ1n) is 14.3. The number of methoxy groups -OCH3 is 2. The van der Waals surface area contributed by atoms with E-state index in [4.69, 9.17) is 14.2 Å². The fourth-order valence-corrected chi connectivity index (χ4v) is 5.25. The summed E-state index contributed by atoms with van der Waals surface area (Å²) in [5.74, 6) is 1.36. The van der Waals surface area contributed by atoms with Gasteiger partial charge in [-0.2, -0.15) is 0 Å². The monoisotopic (exact) mass is 595 g/mol. The van der Waals surface area contributed by atoms with Crippen LogP contribution in [0.25, 0.3) is 22.0 Å². The van der Waals surface area contributed by atoms with E-state index >= 15 is 0 Å². The van der Waals surface area contributed by atoms with E-state index in [1.165, 1.54) is 18.3 Å². The molecule has 0 N–H and O–H groups in total. The summed E-state index contributed by atoms with van der Waals surface area (Å²) in [4.78, 5) is 36.3. The zero-order chi connectivity index (χ0) is 31.5. The van der Waals surface area contributed by atoms with Gasteiger partial charge in [-0.3, -0.25) is 19.6 Å². The summed E-state index contributed by atoms with van der Waals surface area (Å²) in [6.45, 7) is 7.99. The fourth-order valence-electron chi connectivity index (χ4n) is 5.25. The third-order valence-electron chi connectivity index (χ3n) is 7.38. The summed E-state index contributed by atoms with van der Waals surface area (Å²) in [6, 6.07) is 14.5. The molecule has 0 bridgehead atoms. The van der Waals surface area contributed by atoms with Gasteiger partial charge >= 0.3 is 0 Å². The Bertz CT molecular complexity index is 1880. The van der Waals surface area contributed by atoms with E-state index < -0.39 is 5.82 Å². The molecule has 5 aromatic rings. The maximum atomic E-state index is 13.8. The van der Waals surface area contributed by atoms with E-state index in [0.717, 1.165) is 11.1 Å². The summed E-state index contributed by atoms with van der Waals surface area (Å²) in [5, 5.41) is 0.729. The Morgan fingerprint density at radius 2 is 1.61 bits per heavy atom. The maximum Gasteiger partial charge on any atom is 0.200 e. The molecule has 0 amide bonds. The molecule has 0 aliphatic heterocycles. The van der Waals surface area contributed by atoms with E-state index in [9.17, 15) is 14.0 Å². The lowest BCUT2D eigenvalue weighted by molar-refractivity contribution is 0.0990. The standard InChI is InChI=1S/C35H34FN3O5/c1-20(2)34-33(22-7-9-23(36)10-8-22)35(41)27(19-39(34)21(3)4)29(40)15-24-11-12-25(18-38-24)44-30-13-14-37-28-17-32(43-6)31(42-5)16-26(28)30/h7-14,16-21H,15H2,1-6H3. The van der Waals surface area contributed by atoms with Crippen molar-refractivity contribution in [2.75, 3.05) is 14.2 Å². The number of fused-ring (bicyclic) bond motifs is 1. The number of carbonyl (C=O) groups excluding carboxylic acids is 1. The van der Waals surface area contributed by atoms with Crippen molar-refractivity contribution in [2.45, 2.75) is 46.1 Å². The van der Waals surface area contributed by atoms with Crippen molar-refractivity contribution in [1.82, 2.24) is 14.5 Å². The number of hydrogen-bond donors (Lipinski definition) is 0. The van der Waals surface area contributed by atoms with Crippen LogP contribution in [0.4, 0.5) is 4.39 Å². The first-order valence-corrected chi connectivity index (χ1v) is 14.3. The lowest BCUT2D eigenvalue weighted by atomic mass is 9.93. The highest BCUT2D eigenvalue weighted by Gasteiger charge is 2.24. The highest BCUT2D eigenvalue weighted by atomic mass is 19.1.